The molecule has 0 saturated heterocycles. The number of amides is 2. The number of hydrogen-bond acceptors (Lipinski definition) is 5. The molecule has 0 spiro atoms. The highest BCUT2D eigenvalue weighted by atomic mass is 32.2. The fraction of sp³-hybridized carbons (Fsp3) is 0.722. The van der Waals surface area contributed by atoms with Gasteiger partial charge in [0.05, 0.1) is 6.26 Å². The molecule has 2 amide bonds. The second-order valence-electron chi connectivity index (χ2n) is 7.62. The summed E-state index contributed by atoms with van der Waals surface area (Å²) < 4.78 is 26.2. The second kappa shape index (κ2) is 8.41. The van der Waals surface area contributed by atoms with E-state index in [0.29, 0.717) is 12.3 Å². The lowest BCUT2D eigenvalue weighted by Crippen LogP contribution is -2.38. The maximum atomic E-state index is 12.4. The van der Waals surface area contributed by atoms with Crippen LogP contribution in [0.25, 0.3) is 0 Å². The Morgan fingerprint density at radius 1 is 1.22 bits per heavy atom. The molecular weight excluding hydrogens is 368 g/mol. The van der Waals surface area contributed by atoms with Crippen LogP contribution in [-0.4, -0.2) is 42.6 Å². The van der Waals surface area contributed by atoms with E-state index in [-0.39, 0.29) is 24.8 Å². The summed E-state index contributed by atoms with van der Waals surface area (Å²) in [5.74, 6) is 0.893. The van der Waals surface area contributed by atoms with Crippen molar-refractivity contribution >= 4 is 21.8 Å². The van der Waals surface area contributed by atoms with Crippen molar-refractivity contribution in [1.82, 2.24) is 19.6 Å². The number of rotatable bonds is 6. The van der Waals surface area contributed by atoms with E-state index in [9.17, 15) is 18.0 Å². The van der Waals surface area contributed by atoms with Gasteiger partial charge in [-0.2, -0.15) is 0 Å². The van der Waals surface area contributed by atoms with Gasteiger partial charge in [0.25, 0.3) is 0 Å². The average Bonchev–Trinajstić information content (AvgIpc) is 3.04. The summed E-state index contributed by atoms with van der Waals surface area (Å²) in [6, 6.07) is 0. The first-order chi connectivity index (χ1) is 12.8. The van der Waals surface area contributed by atoms with Gasteiger partial charge < -0.3 is 9.88 Å². The molecule has 0 aromatic carbocycles. The van der Waals surface area contributed by atoms with Crippen molar-refractivity contribution in [2.75, 3.05) is 12.8 Å². The minimum absolute atomic E-state index is 0.0602. The standard InChI is InChI=1S/C18H28N4O4S/c1-27(25,26)21-16(23)7-9-19-18(24)14-8-10-22-15(11-14)12-20-17(22)13-5-3-2-4-6-13/h12-14H,2-11H2,1H3,(H,19,24)(H,21,23). The highest BCUT2D eigenvalue weighted by Gasteiger charge is 2.29. The molecular formula is C18H28N4O4S. The Hall–Kier alpha value is -1.90. The van der Waals surface area contributed by atoms with Gasteiger partial charge in [-0.1, -0.05) is 19.3 Å². The monoisotopic (exact) mass is 396 g/mol. The minimum atomic E-state index is -3.56. The molecule has 0 radical (unpaired) electrons. The molecule has 1 aromatic heterocycles. The molecule has 2 aliphatic rings. The Labute approximate surface area is 160 Å². The molecule has 1 atom stereocenters. The van der Waals surface area contributed by atoms with Gasteiger partial charge in [-0.25, -0.2) is 13.4 Å². The van der Waals surface area contributed by atoms with E-state index in [0.717, 1.165) is 24.9 Å². The summed E-state index contributed by atoms with van der Waals surface area (Å²) in [5.41, 5.74) is 1.11. The molecule has 9 heteroatoms. The van der Waals surface area contributed by atoms with Crippen molar-refractivity contribution in [2.24, 2.45) is 5.92 Å². The highest BCUT2D eigenvalue weighted by Crippen LogP contribution is 2.34. The number of carbonyl (C=O) groups is 2. The molecule has 2 N–H and O–H groups in total. The van der Waals surface area contributed by atoms with Crippen LogP contribution in [0.1, 0.15) is 62.4 Å². The number of hydrogen-bond donors (Lipinski definition) is 2. The largest absolute Gasteiger partial charge is 0.355 e. The fourth-order valence-electron chi connectivity index (χ4n) is 4.10. The molecule has 1 unspecified atom stereocenters. The molecule has 1 aromatic rings. The number of carbonyl (C=O) groups excluding carboxylic acids is 2. The Bertz CT molecular complexity index is 796. The third-order valence-electron chi connectivity index (χ3n) is 5.42. The zero-order chi connectivity index (χ0) is 19.4. The number of nitrogens with zero attached hydrogens (tertiary/aromatic N) is 2. The van der Waals surface area contributed by atoms with Crippen molar-refractivity contribution in [3.05, 3.63) is 17.7 Å². The van der Waals surface area contributed by atoms with Gasteiger partial charge in [-0.05, 0) is 19.3 Å². The number of nitrogens with one attached hydrogen (secondary N) is 2. The molecule has 3 rings (SSSR count). The SMILES string of the molecule is CS(=O)(=O)NC(=O)CCNC(=O)C1CCn2c(cnc2C2CCCCC2)C1. The van der Waals surface area contributed by atoms with Crippen LogP contribution in [0.15, 0.2) is 6.20 Å². The first-order valence-electron chi connectivity index (χ1n) is 9.66. The molecule has 150 valence electrons. The number of imidazole rings is 1. The Morgan fingerprint density at radius 3 is 2.67 bits per heavy atom. The van der Waals surface area contributed by atoms with Gasteiger partial charge in [0.15, 0.2) is 0 Å². The smallest absolute Gasteiger partial charge is 0.235 e. The first kappa shape index (κ1) is 19.9. The molecule has 1 fully saturated rings. The van der Waals surface area contributed by atoms with E-state index in [1.807, 2.05) is 10.9 Å². The highest BCUT2D eigenvalue weighted by molar-refractivity contribution is 7.89. The molecule has 1 aliphatic carbocycles. The minimum Gasteiger partial charge on any atom is -0.355 e. The van der Waals surface area contributed by atoms with Crippen LogP contribution in [0.5, 0.6) is 0 Å². The van der Waals surface area contributed by atoms with Crippen molar-refractivity contribution in [1.29, 1.82) is 0 Å². The van der Waals surface area contributed by atoms with Crippen LogP contribution in [0.3, 0.4) is 0 Å². The van der Waals surface area contributed by atoms with E-state index in [1.54, 1.807) is 0 Å². The van der Waals surface area contributed by atoms with Gasteiger partial charge in [-0.3, -0.25) is 14.3 Å². The Kier molecular flexibility index (Phi) is 6.18. The van der Waals surface area contributed by atoms with Crippen molar-refractivity contribution in [3.63, 3.8) is 0 Å². The van der Waals surface area contributed by atoms with E-state index < -0.39 is 15.9 Å². The average molecular weight is 397 g/mol. The summed E-state index contributed by atoms with van der Waals surface area (Å²) in [7, 11) is -3.56. The number of aromatic nitrogens is 2. The van der Waals surface area contributed by atoms with Crippen LogP contribution >= 0.6 is 0 Å². The van der Waals surface area contributed by atoms with Crippen LogP contribution in [0.4, 0.5) is 0 Å². The van der Waals surface area contributed by atoms with Crippen molar-refractivity contribution < 1.29 is 18.0 Å². The molecule has 1 aliphatic heterocycles. The maximum absolute atomic E-state index is 12.4. The van der Waals surface area contributed by atoms with Crippen molar-refractivity contribution in [3.8, 4) is 0 Å². The molecule has 8 nitrogen and oxygen atoms in total. The zero-order valence-corrected chi connectivity index (χ0v) is 16.6. The van der Waals surface area contributed by atoms with Gasteiger partial charge in [0.2, 0.25) is 21.8 Å². The molecule has 27 heavy (non-hydrogen) atoms. The van der Waals surface area contributed by atoms with Crippen LogP contribution in [0.2, 0.25) is 0 Å². The Morgan fingerprint density at radius 2 is 1.96 bits per heavy atom. The third kappa shape index (κ3) is 5.31. The summed E-state index contributed by atoms with van der Waals surface area (Å²) in [6.07, 6.45) is 10.4. The zero-order valence-electron chi connectivity index (χ0n) is 15.7. The lowest BCUT2D eigenvalue weighted by Gasteiger charge is -2.27. The van der Waals surface area contributed by atoms with E-state index in [2.05, 4.69) is 14.9 Å². The lowest BCUT2D eigenvalue weighted by molar-refractivity contribution is -0.125. The predicted octanol–water partition coefficient (Wildman–Crippen LogP) is 1.08. The summed E-state index contributed by atoms with van der Waals surface area (Å²) >= 11 is 0. The molecule has 1 saturated carbocycles. The van der Waals surface area contributed by atoms with Gasteiger partial charge >= 0.3 is 0 Å². The topological polar surface area (TPSA) is 110 Å². The normalized spacial score (nSPS) is 20.7. The van der Waals surface area contributed by atoms with Crippen LogP contribution in [0, 0.1) is 5.92 Å². The Balaban J connectivity index is 1.50. The first-order valence-corrected chi connectivity index (χ1v) is 11.6. The quantitative estimate of drug-likeness (QED) is 0.747. The number of fused-ring (bicyclic) bond motifs is 1. The van der Waals surface area contributed by atoms with Gasteiger partial charge in [0, 0.05) is 49.7 Å². The van der Waals surface area contributed by atoms with Gasteiger partial charge in [-0.15, -0.1) is 0 Å². The predicted molar refractivity (Wildman–Crippen MR) is 100 cm³/mol. The van der Waals surface area contributed by atoms with Gasteiger partial charge in [0.1, 0.15) is 5.82 Å². The fourth-order valence-corrected chi connectivity index (χ4v) is 4.62. The molecule has 2 heterocycles. The summed E-state index contributed by atoms with van der Waals surface area (Å²) in [6.45, 7) is 0.928. The third-order valence-corrected chi connectivity index (χ3v) is 6.02. The lowest BCUT2D eigenvalue weighted by atomic mass is 9.88. The second-order valence-corrected chi connectivity index (χ2v) is 9.37. The molecule has 0 bridgehead atoms. The maximum Gasteiger partial charge on any atom is 0.235 e. The van der Waals surface area contributed by atoms with Crippen LogP contribution < -0.4 is 10.0 Å². The van der Waals surface area contributed by atoms with Crippen molar-refractivity contribution in [2.45, 2.75) is 63.8 Å². The summed E-state index contributed by atoms with van der Waals surface area (Å²) in [5, 5.41) is 2.75. The van der Waals surface area contributed by atoms with Crippen LogP contribution in [-0.2, 0) is 32.6 Å². The summed E-state index contributed by atoms with van der Waals surface area (Å²) in [4.78, 5) is 28.5. The van der Waals surface area contributed by atoms with E-state index >= 15 is 0 Å². The van der Waals surface area contributed by atoms with E-state index in [1.165, 1.54) is 37.9 Å². The van der Waals surface area contributed by atoms with E-state index in [4.69, 9.17) is 0 Å². The number of sulfonamides is 1.